The summed E-state index contributed by atoms with van der Waals surface area (Å²) < 4.78 is 41.1. The SMILES string of the molecule is CC1(CO)C(O)CCC2(C)C1CCC1(CS(=O)(=O)[O-])C3COC(=O)C3=CCC21.[Na+]. The summed E-state index contributed by atoms with van der Waals surface area (Å²) in [6.45, 7) is 4.00. The number of ether oxygens (including phenoxy) is 1. The van der Waals surface area contributed by atoms with Crippen LogP contribution in [0.25, 0.3) is 0 Å². The van der Waals surface area contributed by atoms with Gasteiger partial charge >= 0.3 is 35.5 Å². The third kappa shape index (κ3) is 3.38. The summed E-state index contributed by atoms with van der Waals surface area (Å²) in [5, 5.41) is 20.8. The fraction of sp³-hybridized carbons (Fsp3) is 0.850. The van der Waals surface area contributed by atoms with Gasteiger partial charge in [-0.1, -0.05) is 19.9 Å². The Bertz CT molecular complexity index is 827. The average Bonchev–Trinajstić information content (AvgIpc) is 2.99. The van der Waals surface area contributed by atoms with Gasteiger partial charge in [0.1, 0.15) is 0 Å². The topological polar surface area (TPSA) is 124 Å². The minimum absolute atomic E-state index is 0. The summed E-state index contributed by atoms with van der Waals surface area (Å²) in [5.41, 5.74) is -1.32. The first kappa shape index (κ1) is 23.7. The van der Waals surface area contributed by atoms with E-state index in [0.717, 1.165) is 0 Å². The van der Waals surface area contributed by atoms with Crippen molar-refractivity contribution in [1.82, 2.24) is 0 Å². The molecule has 7 atom stereocenters. The molecule has 7 nitrogen and oxygen atoms in total. The molecule has 1 heterocycles. The molecule has 0 amide bonds. The molecule has 158 valence electrons. The van der Waals surface area contributed by atoms with Gasteiger partial charge in [0.15, 0.2) is 0 Å². The van der Waals surface area contributed by atoms with Crippen LogP contribution < -0.4 is 29.6 Å². The van der Waals surface area contributed by atoms with Crippen LogP contribution in [-0.2, 0) is 19.6 Å². The quantitative estimate of drug-likeness (QED) is 0.304. The maximum Gasteiger partial charge on any atom is 1.00 e. The van der Waals surface area contributed by atoms with Gasteiger partial charge in [0, 0.05) is 22.7 Å². The number of aliphatic hydroxyl groups excluding tert-OH is 2. The van der Waals surface area contributed by atoms with Crippen molar-refractivity contribution >= 4 is 16.1 Å². The molecule has 0 aromatic heterocycles. The molecule has 0 bridgehead atoms. The monoisotopic (exact) mass is 436 g/mol. The van der Waals surface area contributed by atoms with Crippen LogP contribution in [0, 0.1) is 34.0 Å². The molecule has 0 aromatic rings. The molecular formula is C20H29NaO7S. The van der Waals surface area contributed by atoms with Crippen LogP contribution in [0.1, 0.15) is 46.0 Å². The summed E-state index contributed by atoms with van der Waals surface area (Å²) in [5.74, 6) is -1.40. The number of carbonyl (C=O) groups excluding carboxylic acids is 1. The molecule has 29 heavy (non-hydrogen) atoms. The van der Waals surface area contributed by atoms with Crippen molar-refractivity contribution in [2.75, 3.05) is 19.0 Å². The van der Waals surface area contributed by atoms with E-state index in [1.165, 1.54) is 0 Å². The molecular weight excluding hydrogens is 407 g/mol. The van der Waals surface area contributed by atoms with Crippen LogP contribution >= 0.6 is 0 Å². The average molecular weight is 437 g/mol. The number of hydrogen-bond acceptors (Lipinski definition) is 7. The van der Waals surface area contributed by atoms with Gasteiger partial charge in [-0.05, 0) is 54.8 Å². The van der Waals surface area contributed by atoms with E-state index in [2.05, 4.69) is 6.92 Å². The third-order valence-electron chi connectivity index (χ3n) is 8.74. The van der Waals surface area contributed by atoms with Gasteiger partial charge < -0.3 is 19.5 Å². The van der Waals surface area contributed by atoms with Gasteiger partial charge in [-0.3, -0.25) is 0 Å². The Morgan fingerprint density at radius 2 is 1.93 bits per heavy atom. The molecule has 1 saturated heterocycles. The van der Waals surface area contributed by atoms with Crippen LogP contribution in [-0.4, -0.2) is 54.2 Å². The molecule has 0 radical (unpaired) electrons. The van der Waals surface area contributed by atoms with Gasteiger partial charge in [0.2, 0.25) is 0 Å². The second-order valence-corrected chi connectivity index (χ2v) is 11.3. The van der Waals surface area contributed by atoms with Crippen molar-refractivity contribution in [2.24, 2.45) is 34.0 Å². The minimum atomic E-state index is -4.51. The Labute approximate surface area is 194 Å². The molecule has 2 N–H and O–H groups in total. The first-order valence-corrected chi connectivity index (χ1v) is 11.7. The second kappa shape index (κ2) is 7.57. The Kier molecular flexibility index (Phi) is 6.19. The van der Waals surface area contributed by atoms with Crippen molar-refractivity contribution in [3.63, 3.8) is 0 Å². The predicted molar refractivity (Wildman–Crippen MR) is 98.9 cm³/mol. The minimum Gasteiger partial charge on any atom is -0.748 e. The number of fused-ring (bicyclic) bond motifs is 5. The van der Waals surface area contributed by atoms with Gasteiger partial charge in [-0.2, -0.15) is 0 Å². The maximum atomic E-state index is 12.2. The zero-order chi connectivity index (χ0) is 20.5. The number of cyclic esters (lactones) is 1. The summed E-state index contributed by atoms with van der Waals surface area (Å²) >= 11 is 0. The standard InChI is InChI=1S/C20H30O7S.Na/c1-18-7-6-16(22)19(2,10-21)14(18)5-8-20(11-28(24,25)26)13-9-27-17(23)12(13)3-4-15(18)20;/h3,13-16,21-22H,4-11H2,1-2H3,(H,24,25,26);/q;+1/p-1. The summed E-state index contributed by atoms with van der Waals surface area (Å²) in [6.07, 6.45) is 4.07. The van der Waals surface area contributed by atoms with E-state index in [9.17, 15) is 28.0 Å². The van der Waals surface area contributed by atoms with E-state index in [1.807, 2.05) is 13.0 Å². The Morgan fingerprint density at radius 1 is 1.24 bits per heavy atom. The second-order valence-electron chi connectivity index (χ2n) is 9.85. The predicted octanol–water partition coefficient (Wildman–Crippen LogP) is -1.79. The first-order valence-electron chi connectivity index (χ1n) is 10.1. The van der Waals surface area contributed by atoms with Crippen molar-refractivity contribution in [1.29, 1.82) is 0 Å². The molecule has 9 heteroatoms. The van der Waals surface area contributed by atoms with Crippen molar-refractivity contribution in [3.8, 4) is 0 Å². The van der Waals surface area contributed by atoms with E-state index in [1.54, 1.807) is 0 Å². The van der Waals surface area contributed by atoms with Crippen LogP contribution in [0.15, 0.2) is 11.6 Å². The Morgan fingerprint density at radius 3 is 2.55 bits per heavy atom. The zero-order valence-corrected chi connectivity index (χ0v) is 20.2. The van der Waals surface area contributed by atoms with E-state index in [4.69, 9.17) is 4.74 Å². The van der Waals surface area contributed by atoms with Gasteiger partial charge in [-0.25, -0.2) is 13.2 Å². The van der Waals surface area contributed by atoms with E-state index < -0.39 is 38.8 Å². The number of allylic oxidation sites excluding steroid dienone is 1. The van der Waals surface area contributed by atoms with Crippen LogP contribution in [0.2, 0.25) is 0 Å². The number of rotatable bonds is 3. The Balaban J connectivity index is 0.00000240. The molecule has 4 aliphatic rings. The number of aliphatic hydroxyl groups is 2. The fourth-order valence-electron chi connectivity index (χ4n) is 7.42. The van der Waals surface area contributed by atoms with Gasteiger partial charge in [0.05, 0.1) is 29.4 Å². The molecule has 2 saturated carbocycles. The van der Waals surface area contributed by atoms with Crippen molar-refractivity contribution < 1.29 is 62.3 Å². The maximum absolute atomic E-state index is 12.2. The molecule has 1 aliphatic heterocycles. The number of carbonyl (C=O) groups is 1. The number of esters is 1. The molecule has 7 unspecified atom stereocenters. The third-order valence-corrected chi connectivity index (χ3v) is 9.64. The summed E-state index contributed by atoms with van der Waals surface area (Å²) in [6, 6.07) is 0. The van der Waals surface area contributed by atoms with Crippen LogP contribution in [0.3, 0.4) is 0 Å². The van der Waals surface area contributed by atoms with Gasteiger partial charge in [-0.15, -0.1) is 0 Å². The summed E-state index contributed by atoms with van der Waals surface area (Å²) in [7, 11) is -4.51. The largest absolute Gasteiger partial charge is 1.00 e. The number of hydrogen-bond donors (Lipinski definition) is 2. The van der Waals surface area contributed by atoms with Crippen molar-refractivity contribution in [2.45, 2.75) is 52.1 Å². The van der Waals surface area contributed by atoms with Gasteiger partial charge in [0.25, 0.3) is 0 Å². The molecule has 3 fully saturated rings. The Hall–Kier alpha value is 0.0400. The van der Waals surface area contributed by atoms with Crippen molar-refractivity contribution in [3.05, 3.63) is 11.6 Å². The summed E-state index contributed by atoms with van der Waals surface area (Å²) in [4.78, 5) is 12.2. The fourth-order valence-corrected chi connectivity index (χ4v) is 8.62. The van der Waals surface area contributed by atoms with E-state index >= 15 is 0 Å². The first-order chi connectivity index (χ1) is 13.0. The molecule has 3 aliphatic carbocycles. The molecule has 0 spiro atoms. The molecule has 0 aromatic carbocycles. The van der Waals surface area contributed by atoms with E-state index in [0.29, 0.717) is 37.7 Å². The van der Waals surface area contributed by atoms with Crippen LogP contribution in [0.4, 0.5) is 0 Å². The van der Waals surface area contributed by atoms with Crippen LogP contribution in [0.5, 0.6) is 0 Å². The zero-order valence-electron chi connectivity index (χ0n) is 17.4. The normalized spacial score (nSPS) is 46.5. The smallest absolute Gasteiger partial charge is 0.748 e. The molecule has 4 rings (SSSR count). The van der Waals surface area contributed by atoms with E-state index in [-0.39, 0.29) is 65.9 Å².